The van der Waals surface area contributed by atoms with E-state index in [-0.39, 0.29) is 18.1 Å². The Morgan fingerprint density at radius 1 is 1.40 bits per heavy atom. The molecule has 1 aromatic heterocycles. The highest BCUT2D eigenvalue weighted by Crippen LogP contribution is 2.19. The van der Waals surface area contributed by atoms with Gasteiger partial charge in [-0.05, 0) is 32.1 Å². The second-order valence-electron chi connectivity index (χ2n) is 4.81. The summed E-state index contributed by atoms with van der Waals surface area (Å²) in [4.78, 5) is 22.3. The predicted molar refractivity (Wildman–Crippen MR) is 71.2 cm³/mol. The SMILES string of the molecule is O=C(Cn1cc(C(=O)O)nn1)NCCC1=CCCCC1. The minimum atomic E-state index is -1.15. The molecule has 0 saturated heterocycles. The van der Waals surface area contributed by atoms with E-state index < -0.39 is 5.97 Å². The second-order valence-corrected chi connectivity index (χ2v) is 4.81. The fourth-order valence-corrected chi connectivity index (χ4v) is 2.17. The Morgan fingerprint density at radius 2 is 2.25 bits per heavy atom. The molecule has 0 radical (unpaired) electrons. The minimum Gasteiger partial charge on any atom is -0.476 e. The molecule has 0 unspecified atom stereocenters. The number of aromatic carboxylic acids is 1. The molecular formula is C13H18N4O3. The second kappa shape index (κ2) is 6.83. The van der Waals surface area contributed by atoms with E-state index in [4.69, 9.17) is 5.11 Å². The lowest BCUT2D eigenvalue weighted by molar-refractivity contribution is -0.121. The topological polar surface area (TPSA) is 97.1 Å². The van der Waals surface area contributed by atoms with Crippen LogP contribution in [-0.2, 0) is 11.3 Å². The third-order valence-corrected chi connectivity index (χ3v) is 3.22. The standard InChI is InChI=1S/C13H18N4O3/c18-12(9-17-8-11(13(19)20)15-16-17)14-7-6-10-4-2-1-3-5-10/h4,8H,1-3,5-7,9H2,(H,14,18)(H,19,20). The number of carbonyl (C=O) groups excluding carboxylic acids is 1. The first-order valence-corrected chi connectivity index (χ1v) is 6.73. The van der Waals surface area contributed by atoms with Gasteiger partial charge < -0.3 is 10.4 Å². The lowest BCUT2D eigenvalue weighted by Crippen LogP contribution is -2.29. The van der Waals surface area contributed by atoms with E-state index in [9.17, 15) is 9.59 Å². The molecule has 1 amide bonds. The molecule has 1 aliphatic carbocycles. The van der Waals surface area contributed by atoms with Crippen LogP contribution < -0.4 is 5.32 Å². The molecule has 20 heavy (non-hydrogen) atoms. The Morgan fingerprint density at radius 3 is 2.90 bits per heavy atom. The highest BCUT2D eigenvalue weighted by molar-refractivity contribution is 5.84. The van der Waals surface area contributed by atoms with Crippen molar-refractivity contribution in [2.24, 2.45) is 0 Å². The third-order valence-electron chi connectivity index (χ3n) is 3.22. The number of carbonyl (C=O) groups is 2. The zero-order valence-corrected chi connectivity index (χ0v) is 11.2. The van der Waals surface area contributed by atoms with Crippen LogP contribution in [0.3, 0.4) is 0 Å². The van der Waals surface area contributed by atoms with Crippen LogP contribution in [0.1, 0.15) is 42.6 Å². The van der Waals surface area contributed by atoms with Crippen molar-refractivity contribution in [2.45, 2.75) is 38.6 Å². The van der Waals surface area contributed by atoms with Crippen molar-refractivity contribution in [3.8, 4) is 0 Å². The van der Waals surface area contributed by atoms with Gasteiger partial charge in [0.2, 0.25) is 5.91 Å². The van der Waals surface area contributed by atoms with E-state index >= 15 is 0 Å². The molecule has 1 aromatic rings. The summed E-state index contributed by atoms with van der Waals surface area (Å²) in [6, 6.07) is 0. The molecular weight excluding hydrogens is 260 g/mol. The molecule has 0 aliphatic heterocycles. The number of rotatable bonds is 6. The maximum Gasteiger partial charge on any atom is 0.358 e. The van der Waals surface area contributed by atoms with Crippen LogP contribution >= 0.6 is 0 Å². The number of nitrogens with one attached hydrogen (secondary N) is 1. The van der Waals surface area contributed by atoms with Crippen molar-refractivity contribution in [1.29, 1.82) is 0 Å². The van der Waals surface area contributed by atoms with Gasteiger partial charge in [-0.2, -0.15) is 0 Å². The van der Waals surface area contributed by atoms with Crippen LogP contribution in [0.2, 0.25) is 0 Å². The summed E-state index contributed by atoms with van der Waals surface area (Å²) in [6.45, 7) is 0.588. The van der Waals surface area contributed by atoms with Crippen molar-refractivity contribution in [3.05, 3.63) is 23.5 Å². The van der Waals surface area contributed by atoms with Gasteiger partial charge in [0, 0.05) is 6.54 Å². The van der Waals surface area contributed by atoms with Crippen LogP contribution in [0.15, 0.2) is 17.8 Å². The molecule has 2 N–H and O–H groups in total. The maximum atomic E-state index is 11.7. The number of nitrogens with zero attached hydrogens (tertiary/aromatic N) is 3. The largest absolute Gasteiger partial charge is 0.476 e. The maximum absolute atomic E-state index is 11.7. The predicted octanol–water partition coefficient (Wildman–Crippen LogP) is 0.983. The van der Waals surface area contributed by atoms with Gasteiger partial charge in [-0.3, -0.25) is 4.79 Å². The van der Waals surface area contributed by atoms with Gasteiger partial charge in [0.25, 0.3) is 0 Å². The summed E-state index contributed by atoms with van der Waals surface area (Å²) >= 11 is 0. The highest BCUT2D eigenvalue weighted by atomic mass is 16.4. The molecule has 0 saturated carbocycles. The van der Waals surface area contributed by atoms with Crippen molar-refractivity contribution in [2.75, 3.05) is 6.54 Å². The Labute approximate surface area is 116 Å². The Balaban J connectivity index is 1.71. The molecule has 7 nitrogen and oxygen atoms in total. The van der Waals surface area contributed by atoms with Gasteiger partial charge in [0.1, 0.15) is 6.54 Å². The normalized spacial score (nSPS) is 14.7. The summed E-state index contributed by atoms with van der Waals surface area (Å²) < 4.78 is 1.22. The average molecular weight is 278 g/mol. The van der Waals surface area contributed by atoms with Gasteiger partial charge in [-0.25, -0.2) is 9.48 Å². The van der Waals surface area contributed by atoms with Gasteiger partial charge in [-0.1, -0.05) is 16.9 Å². The minimum absolute atomic E-state index is 0.0146. The van der Waals surface area contributed by atoms with E-state index in [1.165, 1.54) is 29.3 Å². The van der Waals surface area contributed by atoms with Gasteiger partial charge in [0.15, 0.2) is 5.69 Å². The molecule has 1 aliphatic rings. The summed E-state index contributed by atoms with van der Waals surface area (Å²) in [5, 5.41) is 18.5. The Bertz CT molecular complexity index is 521. The lowest BCUT2D eigenvalue weighted by Gasteiger charge is -2.12. The number of hydrogen-bond acceptors (Lipinski definition) is 4. The van der Waals surface area contributed by atoms with Gasteiger partial charge in [-0.15, -0.1) is 5.10 Å². The molecule has 108 valence electrons. The highest BCUT2D eigenvalue weighted by Gasteiger charge is 2.10. The number of carboxylic acids is 1. The lowest BCUT2D eigenvalue weighted by atomic mass is 9.97. The first-order chi connectivity index (χ1) is 9.65. The van der Waals surface area contributed by atoms with Crippen molar-refractivity contribution >= 4 is 11.9 Å². The van der Waals surface area contributed by atoms with Crippen LogP contribution in [-0.4, -0.2) is 38.5 Å². The fourth-order valence-electron chi connectivity index (χ4n) is 2.17. The van der Waals surface area contributed by atoms with Gasteiger partial charge >= 0.3 is 5.97 Å². The van der Waals surface area contributed by atoms with E-state index in [1.807, 2.05) is 0 Å². The average Bonchev–Trinajstić information content (AvgIpc) is 2.88. The van der Waals surface area contributed by atoms with E-state index in [2.05, 4.69) is 21.7 Å². The molecule has 0 atom stereocenters. The number of hydrogen-bond donors (Lipinski definition) is 2. The summed E-state index contributed by atoms with van der Waals surface area (Å²) in [6.07, 6.45) is 9.13. The third kappa shape index (κ3) is 4.18. The molecule has 0 aromatic carbocycles. The van der Waals surface area contributed by atoms with Crippen molar-refractivity contribution in [1.82, 2.24) is 20.3 Å². The van der Waals surface area contributed by atoms with E-state index in [1.54, 1.807) is 0 Å². The zero-order chi connectivity index (χ0) is 14.4. The molecule has 2 rings (SSSR count). The monoisotopic (exact) mass is 278 g/mol. The van der Waals surface area contributed by atoms with Crippen LogP contribution in [0.25, 0.3) is 0 Å². The first-order valence-electron chi connectivity index (χ1n) is 6.73. The summed E-state index contributed by atoms with van der Waals surface area (Å²) in [5.41, 5.74) is 1.25. The fraction of sp³-hybridized carbons (Fsp3) is 0.538. The Hall–Kier alpha value is -2.18. The van der Waals surface area contributed by atoms with Crippen molar-refractivity contribution in [3.63, 3.8) is 0 Å². The number of amides is 1. The molecule has 0 spiro atoms. The van der Waals surface area contributed by atoms with Crippen LogP contribution in [0, 0.1) is 0 Å². The molecule has 1 heterocycles. The number of carboxylic acid groups (broad SMARTS) is 1. The molecule has 0 fully saturated rings. The van der Waals surface area contributed by atoms with E-state index in [0.717, 1.165) is 19.3 Å². The van der Waals surface area contributed by atoms with Crippen LogP contribution in [0.4, 0.5) is 0 Å². The first kappa shape index (κ1) is 14.2. The van der Waals surface area contributed by atoms with E-state index in [0.29, 0.717) is 6.54 Å². The Kier molecular flexibility index (Phi) is 4.86. The number of allylic oxidation sites excluding steroid dienone is 1. The number of aromatic nitrogens is 3. The summed E-state index contributed by atoms with van der Waals surface area (Å²) in [5.74, 6) is -1.34. The van der Waals surface area contributed by atoms with Crippen LogP contribution in [0.5, 0.6) is 0 Å². The van der Waals surface area contributed by atoms with Gasteiger partial charge in [0.05, 0.1) is 6.20 Å². The smallest absolute Gasteiger partial charge is 0.358 e. The molecule has 7 heteroatoms. The quantitative estimate of drug-likeness (QED) is 0.756. The summed E-state index contributed by atoms with van der Waals surface area (Å²) in [7, 11) is 0. The van der Waals surface area contributed by atoms with Crippen molar-refractivity contribution < 1.29 is 14.7 Å². The zero-order valence-electron chi connectivity index (χ0n) is 11.2. The molecule has 0 bridgehead atoms.